The van der Waals surface area contributed by atoms with E-state index in [0.717, 1.165) is 6.42 Å². The van der Waals surface area contributed by atoms with Crippen LogP contribution in [0.15, 0.2) is 51.9 Å². The molecule has 1 heterocycles. The summed E-state index contributed by atoms with van der Waals surface area (Å²) in [6, 6.07) is 6.92. The molecular weight excluding hydrogens is 366 g/mol. The van der Waals surface area contributed by atoms with E-state index in [1.807, 2.05) is 0 Å². The Morgan fingerprint density at radius 1 is 1.29 bits per heavy atom. The molecule has 1 aromatic carbocycles. The van der Waals surface area contributed by atoms with Crippen LogP contribution in [-0.4, -0.2) is 17.5 Å². The van der Waals surface area contributed by atoms with Gasteiger partial charge in [0.25, 0.3) is 5.69 Å². The fourth-order valence-electron chi connectivity index (χ4n) is 2.09. The smallest absolute Gasteiger partial charge is 0.331 e. The van der Waals surface area contributed by atoms with E-state index < -0.39 is 10.9 Å². The van der Waals surface area contributed by atoms with Crippen LogP contribution in [0.5, 0.6) is 5.75 Å². The number of nitro groups is 1. The first-order valence-corrected chi connectivity index (χ1v) is 8.69. The third-order valence-corrected chi connectivity index (χ3v) is 3.68. The molecule has 0 spiro atoms. The second kappa shape index (κ2) is 10.1. The normalized spacial score (nSPS) is 11.0. The van der Waals surface area contributed by atoms with Crippen LogP contribution in [0.25, 0.3) is 6.08 Å². The largest absolute Gasteiger partial charge is 0.487 e. The summed E-state index contributed by atoms with van der Waals surface area (Å²) in [5, 5.41) is 10.6. The van der Waals surface area contributed by atoms with Crippen molar-refractivity contribution < 1.29 is 23.6 Å². The molecule has 28 heavy (non-hydrogen) atoms. The number of carbonyl (C=O) groups is 1. The third-order valence-electron chi connectivity index (χ3n) is 3.68. The zero-order chi connectivity index (χ0) is 20.5. The summed E-state index contributed by atoms with van der Waals surface area (Å²) in [6.07, 6.45) is 4.68. The molecule has 0 aliphatic carbocycles. The van der Waals surface area contributed by atoms with E-state index in [1.54, 1.807) is 0 Å². The highest BCUT2D eigenvalue weighted by atomic mass is 16.6. The predicted molar refractivity (Wildman–Crippen MR) is 102 cm³/mol. The Morgan fingerprint density at radius 2 is 2.00 bits per heavy atom. The zero-order valence-electron chi connectivity index (χ0n) is 15.6. The van der Waals surface area contributed by atoms with Gasteiger partial charge in [-0.2, -0.15) is 0 Å². The molecular formula is C20H21NO7. The Hall–Kier alpha value is -3.42. The summed E-state index contributed by atoms with van der Waals surface area (Å²) in [4.78, 5) is 33.8. The lowest BCUT2D eigenvalue weighted by molar-refractivity contribution is -0.384. The summed E-state index contributed by atoms with van der Waals surface area (Å²) >= 11 is 0. The highest BCUT2D eigenvalue weighted by Crippen LogP contribution is 2.13. The summed E-state index contributed by atoms with van der Waals surface area (Å²) in [5.74, 6) is 0.134. The number of ether oxygens (including phenoxy) is 2. The molecule has 0 N–H and O–H groups in total. The molecule has 0 saturated carbocycles. The third kappa shape index (κ3) is 6.71. The monoisotopic (exact) mass is 387 g/mol. The van der Waals surface area contributed by atoms with Crippen molar-refractivity contribution in [1.82, 2.24) is 0 Å². The summed E-state index contributed by atoms with van der Waals surface area (Å²) in [6.45, 7) is 4.33. The Kier molecular flexibility index (Phi) is 7.50. The molecule has 0 aliphatic rings. The van der Waals surface area contributed by atoms with E-state index in [1.165, 1.54) is 48.7 Å². The molecule has 0 saturated heterocycles. The Bertz CT molecular complexity index is 898. The van der Waals surface area contributed by atoms with Crippen LogP contribution in [0.2, 0.25) is 0 Å². The van der Waals surface area contributed by atoms with Gasteiger partial charge < -0.3 is 13.9 Å². The van der Waals surface area contributed by atoms with E-state index in [2.05, 4.69) is 13.8 Å². The number of rotatable bonds is 9. The van der Waals surface area contributed by atoms with Crippen molar-refractivity contribution in [2.24, 2.45) is 5.92 Å². The molecule has 0 amide bonds. The standard InChI is InChI=1S/C20H21NO7/c1-14(2)9-10-26-19-13-27-17(11-18(19)22)12-28-20(23)8-5-15-3-6-16(7-4-15)21(24)25/h3-8,11,13-14H,9-10,12H2,1-2H3/b8-5+. The maximum absolute atomic E-state index is 12.0. The van der Waals surface area contributed by atoms with Crippen molar-refractivity contribution in [3.63, 3.8) is 0 Å². The van der Waals surface area contributed by atoms with Gasteiger partial charge in [0, 0.05) is 24.3 Å². The van der Waals surface area contributed by atoms with Crippen molar-refractivity contribution in [2.45, 2.75) is 26.9 Å². The van der Waals surface area contributed by atoms with Crippen LogP contribution in [0, 0.1) is 16.0 Å². The fourth-order valence-corrected chi connectivity index (χ4v) is 2.09. The fraction of sp³-hybridized carbons (Fsp3) is 0.300. The van der Waals surface area contributed by atoms with Crippen LogP contribution < -0.4 is 10.2 Å². The van der Waals surface area contributed by atoms with Crippen LogP contribution in [-0.2, 0) is 16.1 Å². The summed E-state index contributed by atoms with van der Waals surface area (Å²) in [5.41, 5.74) is 0.228. The van der Waals surface area contributed by atoms with E-state index in [9.17, 15) is 19.7 Å². The van der Waals surface area contributed by atoms with Crippen LogP contribution in [0.1, 0.15) is 31.6 Å². The molecule has 0 radical (unpaired) electrons. The number of non-ortho nitro benzene ring substituents is 1. The lowest BCUT2D eigenvalue weighted by Crippen LogP contribution is -2.11. The molecule has 0 unspecified atom stereocenters. The zero-order valence-corrected chi connectivity index (χ0v) is 15.6. The highest BCUT2D eigenvalue weighted by Gasteiger charge is 2.08. The van der Waals surface area contributed by atoms with Gasteiger partial charge in [-0.1, -0.05) is 13.8 Å². The topological polar surface area (TPSA) is 109 Å². The lowest BCUT2D eigenvalue weighted by atomic mass is 10.1. The second-order valence-electron chi connectivity index (χ2n) is 6.40. The number of esters is 1. The van der Waals surface area contributed by atoms with Crippen LogP contribution >= 0.6 is 0 Å². The molecule has 0 atom stereocenters. The average Bonchev–Trinajstić information content (AvgIpc) is 2.66. The highest BCUT2D eigenvalue weighted by molar-refractivity contribution is 5.87. The Morgan fingerprint density at radius 3 is 2.61 bits per heavy atom. The van der Waals surface area contributed by atoms with Gasteiger partial charge in [-0.05, 0) is 36.1 Å². The van der Waals surface area contributed by atoms with Crippen molar-refractivity contribution in [3.8, 4) is 5.75 Å². The number of hydrogen-bond acceptors (Lipinski definition) is 7. The molecule has 0 fully saturated rings. The molecule has 8 nitrogen and oxygen atoms in total. The Labute approximate surface area is 161 Å². The van der Waals surface area contributed by atoms with Gasteiger partial charge in [0.1, 0.15) is 18.6 Å². The van der Waals surface area contributed by atoms with E-state index >= 15 is 0 Å². The number of nitro benzene ring substituents is 1. The molecule has 1 aromatic heterocycles. The molecule has 0 bridgehead atoms. The van der Waals surface area contributed by atoms with Gasteiger partial charge in [-0.25, -0.2) is 4.79 Å². The number of carbonyl (C=O) groups excluding carboxylic acids is 1. The van der Waals surface area contributed by atoms with E-state index in [0.29, 0.717) is 18.1 Å². The number of nitrogens with zero attached hydrogens (tertiary/aromatic N) is 1. The average molecular weight is 387 g/mol. The van der Waals surface area contributed by atoms with Crippen LogP contribution in [0.4, 0.5) is 5.69 Å². The van der Waals surface area contributed by atoms with Gasteiger partial charge in [0.05, 0.1) is 11.5 Å². The molecule has 2 rings (SSSR count). The van der Waals surface area contributed by atoms with Gasteiger partial charge >= 0.3 is 5.97 Å². The lowest BCUT2D eigenvalue weighted by Gasteiger charge is -2.07. The summed E-state index contributed by atoms with van der Waals surface area (Å²) in [7, 11) is 0. The minimum atomic E-state index is -0.640. The molecule has 8 heteroatoms. The minimum Gasteiger partial charge on any atom is -0.487 e. The SMILES string of the molecule is CC(C)CCOc1coc(COC(=O)/C=C/c2ccc([N+](=O)[O-])cc2)cc1=O. The predicted octanol–water partition coefficient (Wildman–Crippen LogP) is 3.73. The van der Waals surface area contributed by atoms with Gasteiger partial charge in [0.15, 0.2) is 0 Å². The van der Waals surface area contributed by atoms with Crippen molar-refractivity contribution in [1.29, 1.82) is 0 Å². The van der Waals surface area contributed by atoms with Gasteiger partial charge in [-0.15, -0.1) is 0 Å². The maximum Gasteiger partial charge on any atom is 0.331 e. The Balaban J connectivity index is 1.85. The molecule has 148 valence electrons. The van der Waals surface area contributed by atoms with Gasteiger partial charge in [-0.3, -0.25) is 14.9 Å². The molecule has 0 aliphatic heterocycles. The van der Waals surface area contributed by atoms with Crippen molar-refractivity contribution in [2.75, 3.05) is 6.61 Å². The van der Waals surface area contributed by atoms with Crippen LogP contribution in [0.3, 0.4) is 0 Å². The maximum atomic E-state index is 12.0. The summed E-state index contributed by atoms with van der Waals surface area (Å²) < 4.78 is 15.6. The number of benzene rings is 1. The second-order valence-corrected chi connectivity index (χ2v) is 6.40. The first kappa shape index (κ1) is 20.9. The van der Waals surface area contributed by atoms with Crippen molar-refractivity contribution >= 4 is 17.7 Å². The van der Waals surface area contributed by atoms with E-state index in [-0.39, 0.29) is 29.2 Å². The number of hydrogen-bond donors (Lipinski definition) is 0. The molecule has 2 aromatic rings. The van der Waals surface area contributed by atoms with Gasteiger partial charge in [0.2, 0.25) is 11.2 Å². The first-order valence-electron chi connectivity index (χ1n) is 8.69. The quantitative estimate of drug-likeness (QED) is 0.279. The van der Waals surface area contributed by atoms with E-state index in [4.69, 9.17) is 13.9 Å². The van der Waals surface area contributed by atoms with Crippen molar-refractivity contribution in [3.05, 3.63) is 74.3 Å². The first-order chi connectivity index (χ1) is 13.3. The minimum absolute atomic E-state index is 0.0358.